The Morgan fingerprint density at radius 3 is 2.90 bits per heavy atom. The highest BCUT2D eigenvalue weighted by Crippen LogP contribution is 2.35. The van der Waals surface area contributed by atoms with Crippen LogP contribution in [0.15, 0.2) is 42.5 Å². The minimum atomic E-state index is 0.0674. The first-order chi connectivity index (χ1) is 10.3. The summed E-state index contributed by atoms with van der Waals surface area (Å²) in [6.45, 7) is 3.17. The predicted molar refractivity (Wildman–Crippen MR) is 80.2 cm³/mol. The highest BCUT2D eigenvalue weighted by Gasteiger charge is 2.17. The number of fused-ring (bicyclic) bond motifs is 1. The standard InChI is InChI=1S/C17H19NO3/c1-12(14-5-2-4-13(8-14)10-19)18-9-15-6-3-7-16-17(15)21-11-20-16/h2-8,12,18-19H,9-11H2,1H3. The van der Waals surface area contributed by atoms with Crippen molar-refractivity contribution in [3.63, 3.8) is 0 Å². The Bertz CT molecular complexity index is 627. The molecule has 3 rings (SSSR count). The molecule has 0 amide bonds. The molecule has 0 radical (unpaired) electrons. The van der Waals surface area contributed by atoms with E-state index < -0.39 is 0 Å². The van der Waals surface area contributed by atoms with Gasteiger partial charge in [-0.15, -0.1) is 0 Å². The second-order valence-corrected chi connectivity index (χ2v) is 5.16. The molecule has 1 aliphatic heterocycles. The highest BCUT2D eigenvalue weighted by atomic mass is 16.7. The molecule has 4 nitrogen and oxygen atoms in total. The van der Waals surface area contributed by atoms with Crippen LogP contribution in [-0.2, 0) is 13.2 Å². The summed E-state index contributed by atoms with van der Waals surface area (Å²) in [5.41, 5.74) is 3.18. The molecule has 0 saturated heterocycles. The third kappa shape index (κ3) is 3.01. The molecule has 0 bridgehead atoms. The number of benzene rings is 2. The molecule has 0 fully saturated rings. The first-order valence-electron chi connectivity index (χ1n) is 7.08. The van der Waals surface area contributed by atoms with Crippen LogP contribution in [0.4, 0.5) is 0 Å². The van der Waals surface area contributed by atoms with E-state index in [1.54, 1.807) is 0 Å². The van der Waals surface area contributed by atoms with E-state index in [1.807, 2.05) is 36.4 Å². The van der Waals surface area contributed by atoms with Gasteiger partial charge in [-0.2, -0.15) is 0 Å². The van der Waals surface area contributed by atoms with Gasteiger partial charge < -0.3 is 19.9 Å². The summed E-state index contributed by atoms with van der Waals surface area (Å²) in [6.07, 6.45) is 0. The maximum atomic E-state index is 9.21. The van der Waals surface area contributed by atoms with Crippen LogP contribution < -0.4 is 14.8 Å². The van der Waals surface area contributed by atoms with Crippen molar-refractivity contribution in [3.8, 4) is 11.5 Å². The molecule has 0 spiro atoms. The van der Waals surface area contributed by atoms with Gasteiger partial charge in [-0.3, -0.25) is 0 Å². The van der Waals surface area contributed by atoms with E-state index in [-0.39, 0.29) is 12.6 Å². The molecule has 0 aliphatic carbocycles. The second-order valence-electron chi connectivity index (χ2n) is 5.16. The molecule has 0 saturated carbocycles. The third-order valence-corrected chi connectivity index (χ3v) is 3.71. The van der Waals surface area contributed by atoms with E-state index in [4.69, 9.17) is 9.47 Å². The zero-order valence-electron chi connectivity index (χ0n) is 12.0. The molecule has 21 heavy (non-hydrogen) atoms. The minimum absolute atomic E-state index is 0.0674. The summed E-state index contributed by atoms with van der Waals surface area (Å²) < 4.78 is 10.9. The van der Waals surface area contributed by atoms with Gasteiger partial charge in [0.2, 0.25) is 6.79 Å². The third-order valence-electron chi connectivity index (χ3n) is 3.71. The summed E-state index contributed by atoms with van der Waals surface area (Å²) in [6, 6.07) is 14.1. The van der Waals surface area contributed by atoms with Crippen LogP contribution in [0.5, 0.6) is 11.5 Å². The number of para-hydroxylation sites is 1. The molecular weight excluding hydrogens is 266 g/mol. The smallest absolute Gasteiger partial charge is 0.231 e. The van der Waals surface area contributed by atoms with Gasteiger partial charge in [0.25, 0.3) is 0 Å². The predicted octanol–water partition coefficient (Wildman–Crippen LogP) is 2.76. The second kappa shape index (κ2) is 6.16. The van der Waals surface area contributed by atoms with E-state index in [0.717, 1.165) is 28.2 Å². The lowest BCUT2D eigenvalue weighted by atomic mass is 10.0. The van der Waals surface area contributed by atoms with E-state index in [9.17, 15) is 5.11 Å². The van der Waals surface area contributed by atoms with Crippen molar-refractivity contribution in [2.75, 3.05) is 6.79 Å². The van der Waals surface area contributed by atoms with Gasteiger partial charge in [0.15, 0.2) is 11.5 Å². The van der Waals surface area contributed by atoms with Crippen LogP contribution in [0.25, 0.3) is 0 Å². The average molecular weight is 285 g/mol. The zero-order chi connectivity index (χ0) is 14.7. The molecule has 1 unspecified atom stereocenters. The number of aliphatic hydroxyl groups is 1. The van der Waals surface area contributed by atoms with Gasteiger partial charge in [0.05, 0.1) is 6.61 Å². The maximum Gasteiger partial charge on any atom is 0.231 e. The molecular formula is C17H19NO3. The van der Waals surface area contributed by atoms with Crippen molar-refractivity contribution in [1.29, 1.82) is 0 Å². The number of hydrogen-bond acceptors (Lipinski definition) is 4. The number of rotatable bonds is 5. The lowest BCUT2D eigenvalue weighted by Crippen LogP contribution is -2.18. The molecule has 2 N–H and O–H groups in total. The van der Waals surface area contributed by atoms with Gasteiger partial charge in [-0.05, 0) is 24.1 Å². The monoisotopic (exact) mass is 285 g/mol. The first-order valence-corrected chi connectivity index (χ1v) is 7.08. The number of aliphatic hydroxyl groups excluding tert-OH is 1. The molecule has 110 valence electrons. The average Bonchev–Trinajstić information content (AvgIpc) is 3.01. The van der Waals surface area contributed by atoms with Crippen LogP contribution in [-0.4, -0.2) is 11.9 Å². The fraction of sp³-hybridized carbons (Fsp3) is 0.294. The van der Waals surface area contributed by atoms with Crippen molar-refractivity contribution in [2.24, 2.45) is 0 Å². The number of nitrogens with one attached hydrogen (secondary N) is 1. The van der Waals surface area contributed by atoms with Crippen LogP contribution in [0, 0.1) is 0 Å². The molecule has 4 heteroatoms. The van der Waals surface area contributed by atoms with Crippen molar-refractivity contribution in [3.05, 3.63) is 59.2 Å². The summed E-state index contributed by atoms with van der Waals surface area (Å²) >= 11 is 0. The van der Waals surface area contributed by atoms with E-state index in [1.165, 1.54) is 0 Å². The topological polar surface area (TPSA) is 50.7 Å². The number of hydrogen-bond donors (Lipinski definition) is 2. The highest BCUT2D eigenvalue weighted by molar-refractivity contribution is 5.48. The fourth-order valence-corrected chi connectivity index (χ4v) is 2.47. The van der Waals surface area contributed by atoms with Crippen molar-refractivity contribution >= 4 is 0 Å². The normalized spacial score (nSPS) is 14.2. The Labute approximate surface area is 124 Å². The van der Waals surface area contributed by atoms with E-state index in [0.29, 0.717) is 13.3 Å². The van der Waals surface area contributed by atoms with Gasteiger partial charge >= 0.3 is 0 Å². The van der Waals surface area contributed by atoms with Gasteiger partial charge in [-0.25, -0.2) is 0 Å². The lowest BCUT2D eigenvalue weighted by molar-refractivity contribution is 0.173. The van der Waals surface area contributed by atoms with Crippen molar-refractivity contribution < 1.29 is 14.6 Å². The molecule has 1 aliphatic rings. The van der Waals surface area contributed by atoms with Crippen LogP contribution in [0.1, 0.15) is 29.7 Å². The molecule has 2 aromatic carbocycles. The first kappa shape index (κ1) is 13.9. The van der Waals surface area contributed by atoms with Crippen LogP contribution in [0.3, 0.4) is 0 Å². The largest absolute Gasteiger partial charge is 0.454 e. The zero-order valence-corrected chi connectivity index (χ0v) is 12.0. The summed E-state index contributed by atoms with van der Waals surface area (Å²) in [5, 5.41) is 12.7. The lowest BCUT2D eigenvalue weighted by Gasteiger charge is -2.16. The SMILES string of the molecule is CC(NCc1cccc2c1OCO2)c1cccc(CO)c1. The Kier molecular flexibility index (Phi) is 4.08. The molecule has 1 heterocycles. The summed E-state index contributed by atoms with van der Waals surface area (Å²) in [4.78, 5) is 0. The Balaban J connectivity index is 1.68. The van der Waals surface area contributed by atoms with Crippen LogP contribution >= 0.6 is 0 Å². The van der Waals surface area contributed by atoms with Crippen LogP contribution in [0.2, 0.25) is 0 Å². The maximum absolute atomic E-state index is 9.21. The minimum Gasteiger partial charge on any atom is -0.454 e. The fourth-order valence-electron chi connectivity index (χ4n) is 2.47. The van der Waals surface area contributed by atoms with E-state index in [2.05, 4.69) is 18.3 Å². The Morgan fingerprint density at radius 1 is 1.19 bits per heavy atom. The van der Waals surface area contributed by atoms with Gasteiger partial charge in [0.1, 0.15) is 0 Å². The Hall–Kier alpha value is -2.04. The molecule has 1 atom stereocenters. The molecule has 2 aromatic rings. The van der Waals surface area contributed by atoms with Gasteiger partial charge in [0, 0.05) is 18.2 Å². The van der Waals surface area contributed by atoms with Gasteiger partial charge in [-0.1, -0.05) is 36.4 Å². The van der Waals surface area contributed by atoms with Crippen molar-refractivity contribution in [1.82, 2.24) is 5.32 Å². The summed E-state index contributed by atoms with van der Waals surface area (Å²) in [5.74, 6) is 1.64. The van der Waals surface area contributed by atoms with Crippen molar-refractivity contribution in [2.45, 2.75) is 26.1 Å². The van der Waals surface area contributed by atoms with E-state index >= 15 is 0 Å². The Morgan fingerprint density at radius 2 is 2.05 bits per heavy atom. The number of ether oxygens (including phenoxy) is 2. The summed E-state index contributed by atoms with van der Waals surface area (Å²) in [7, 11) is 0. The quantitative estimate of drug-likeness (QED) is 0.887. The molecule has 0 aromatic heterocycles.